The molecule has 0 N–H and O–H groups in total. The number of rotatable bonds is 2. The van der Waals surface area contributed by atoms with Crippen molar-refractivity contribution in [1.29, 1.82) is 0 Å². The van der Waals surface area contributed by atoms with Crippen LogP contribution in [-0.2, 0) is 0 Å². The van der Waals surface area contributed by atoms with Gasteiger partial charge in [-0.3, -0.25) is 0 Å². The zero-order valence-electron chi connectivity index (χ0n) is 9.01. The molecule has 2 aromatic rings. The smallest absolute Gasteiger partial charge is 0.137 e. The quantitative estimate of drug-likeness (QED) is 0.773. The highest BCUT2D eigenvalue weighted by atomic mass is 19.1. The van der Waals surface area contributed by atoms with Gasteiger partial charge in [-0.25, -0.2) is 13.2 Å². The lowest BCUT2D eigenvalue weighted by Gasteiger charge is -2.07. The molecule has 0 heterocycles. The fraction of sp³-hybridized carbons (Fsp3) is 0.0769. The average molecular weight is 238 g/mol. The molecule has 0 aromatic heterocycles. The third-order valence-corrected chi connectivity index (χ3v) is 2.38. The first-order valence-electron chi connectivity index (χ1n) is 4.91. The van der Waals surface area contributed by atoms with Crippen molar-refractivity contribution in [3.8, 4) is 16.9 Å². The zero-order valence-corrected chi connectivity index (χ0v) is 9.01. The second-order valence-electron chi connectivity index (χ2n) is 3.47. The van der Waals surface area contributed by atoms with Crippen LogP contribution in [0.15, 0.2) is 36.4 Å². The highest BCUT2D eigenvalue weighted by molar-refractivity contribution is 5.65. The molecule has 0 saturated carbocycles. The van der Waals surface area contributed by atoms with Crippen LogP contribution in [-0.4, -0.2) is 7.11 Å². The van der Waals surface area contributed by atoms with Gasteiger partial charge in [-0.15, -0.1) is 0 Å². The van der Waals surface area contributed by atoms with Crippen LogP contribution < -0.4 is 4.74 Å². The van der Waals surface area contributed by atoms with Crippen LogP contribution in [0.25, 0.3) is 11.1 Å². The van der Waals surface area contributed by atoms with E-state index >= 15 is 0 Å². The van der Waals surface area contributed by atoms with Gasteiger partial charge < -0.3 is 4.74 Å². The summed E-state index contributed by atoms with van der Waals surface area (Å²) in [5.41, 5.74) is 0.0925. The van der Waals surface area contributed by atoms with E-state index in [0.29, 0.717) is 0 Å². The molecule has 2 aromatic carbocycles. The maximum absolute atomic E-state index is 13.7. The Bertz CT molecular complexity index is 512. The third kappa shape index (κ3) is 2.25. The first-order valence-corrected chi connectivity index (χ1v) is 4.91. The van der Waals surface area contributed by atoms with Crippen molar-refractivity contribution in [3.05, 3.63) is 53.8 Å². The van der Waals surface area contributed by atoms with Gasteiger partial charge in [0, 0.05) is 12.1 Å². The first-order chi connectivity index (χ1) is 8.11. The molecule has 0 spiro atoms. The molecule has 0 fully saturated rings. The molecule has 2 rings (SSSR count). The Morgan fingerprint density at radius 1 is 0.882 bits per heavy atom. The molecule has 0 radical (unpaired) electrons. The lowest BCUT2D eigenvalue weighted by molar-refractivity contribution is 0.407. The van der Waals surface area contributed by atoms with Gasteiger partial charge in [-0.2, -0.15) is 0 Å². The molecule has 0 aliphatic carbocycles. The summed E-state index contributed by atoms with van der Waals surface area (Å²) in [6.07, 6.45) is 0. The Hall–Kier alpha value is -1.97. The van der Waals surface area contributed by atoms with E-state index in [-0.39, 0.29) is 16.9 Å². The zero-order chi connectivity index (χ0) is 12.4. The van der Waals surface area contributed by atoms with Crippen LogP contribution in [0, 0.1) is 17.5 Å². The van der Waals surface area contributed by atoms with Crippen molar-refractivity contribution in [1.82, 2.24) is 0 Å². The summed E-state index contributed by atoms with van der Waals surface area (Å²) in [5, 5.41) is 0. The van der Waals surface area contributed by atoms with Crippen LogP contribution in [0.1, 0.15) is 0 Å². The maximum Gasteiger partial charge on any atom is 0.137 e. The molecule has 1 nitrogen and oxygen atoms in total. The van der Waals surface area contributed by atoms with E-state index in [0.717, 1.165) is 24.3 Å². The minimum Gasteiger partial charge on any atom is -0.497 e. The van der Waals surface area contributed by atoms with Crippen molar-refractivity contribution in [3.63, 3.8) is 0 Å². The lowest BCUT2D eigenvalue weighted by Crippen LogP contribution is -1.93. The van der Waals surface area contributed by atoms with Gasteiger partial charge in [-0.1, -0.05) is 12.1 Å². The topological polar surface area (TPSA) is 9.23 Å². The molecular formula is C13H9F3O. The van der Waals surface area contributed by atoms with Crippen LogP contribution in [0.4, 0.5) is 13.2 Å². The summed E-state index contributed by atoms with van der Waals surface area (Å²) in [5.74, 6) is -1.84. The summed E-state index contributed by atoms with van der Waals surface area (Å²) in [6, 6.07) is 7.12. The molecule has 0 amide bonds. The van der Waals surface area contributed by atoms with Crippen LogP contribution in [0.3, 0.4) is 0 Å². The Balaban J connectivity index is 2.55. The van der Waals surface area contributed by atoms with Crippen molar-refractivity contribution in [2.75, 3.05) is 7.11 Å². The molecule has 4 heteroatoms. The Morgan fingerprint density at radius 2 is 1.41 bits per heavy atom. The molecule has 0 atom stereocenters. The highest BCUT2D eigenvalue weighted by Gasteiger charge is 2.13. The molecule has 88 valence electrons. The summed E-state index contributed by atoms with van der Waals surface area (Å²) >= 11 is 0. The molecular weight excluding hydrogens is 229 g/mol. The van der Waals surface area contributed by atoms with Gasteiger partial charge in [0.1, 0.15) is 23.2 Å². The fourth-order valence-corrected chi connectivity index (χ4v) is 1.56. The number of halogens is 3. The monoisotopic (exact) mass is 238 g/mol. The van der Waals surface area contributed by atoms with Crippen molar-refractivity contribution in [2.45, 2.75) is 0 Å². The minimum atomic E-state index is -0.742. The number of hydrogen-bond donors (Lipinski definition) is 0. The highest BCUT2D eigenvalue weighted by Crippen LogP contribution is 2.29. The SMILES string of the molecule is COc1cc(F)c(-c2ccc(F)cc2)c(F)c1. The molecule has 0 bridgehead atoms. The molecule has 0 unspecified atom stereocenters. The maximum atomic E-state index is 13.7. The standard InChI is InChI=1S/C13H9F3O/c1-17-10-6-11(15)13(12(16)7-10)8-2-4-9(14)5-3-8/h2-7H,1H3. The van der Waals surface area contributed by atoms with Crippen LogP contribution in [0.2, 0.25) is 0 Å². The normalized spacial score (nSPS) is 10.4. The molecule has 0 saturated heterocycles. The summed E-state index contributed by atoms with van der Waals surface area (Å²) in [7, 11) is 1.33. The van der Waals surface area contributed by atoms with Gasteiger partial charge in [0.05, 0.1) is 12.7 Å². The summed E-state index contributed by atoms with van der Waals surface area (Å²) < 4.78 is 44.8. The van der Waals surface area contributed by atoms with E-state index in [9.17, 15) is 13.2 Å². The molecule has 0 aliphatic heterocycles. The van der Waals surface area contributed by atoms with Gasteiger partial charge in [0.15, 0.2) is 0 Å². The predicted molar refractivity (Wildman–Crippen MR) is 58.3 cm³/mol. The van der Waals surface area contributed by atoms with Crippen LogP contribution in [0.5, 0.6) is 5.75 Å². The number of benzene rings is 2. The number of hydrogen-bond acceptors (Lipinski definition) is 1. The van der Waals surface area contributed by atoms with E-state index in [2.05, 4.69) is 0 Å². The predicted octanol–water partition coefficient (Wildman–Crippen LogP) is 3.78. The second-order valence-corrected chi connectivity index (χ2v) is 3.47. The van der Waals surface area contributed by atoms with E-state index in [1.807, 2.05) is 0 Å². The van der Waals surface area contributed by atoms with Crippen molar-refractivity contribution >= 4 is 0 Å². The minimum absolute atomic E-state index is 0.103. The second kappa shape index (κ2) is 4.49. The molecule has 17 heavy (non-hydrogen) atoms. The Morgan fingerprint density at radius 3 is 1.88 bits per heavy atom. The third-order valence-electron chi connectivity index (χ3n) is 2.38. The van der Waals surface area contributed by atoms with Crippen molar-refractivity contribution < 1.29 is 17.9 Å². The lowest BCUT2D eigenvalue weighted by atomic mass is 10.0. The average Bonchev–Trinajstić information content (AvgIpc) is 2.30. The number of ether oxygens (including phenoxy) is 1. The van der Waals surface area contributed by atoms with E-state index < -0.39 is 17.5 Å². The molecule has 0 aliphatic rings. The fourth-order valence-electron chi connectivity index (χ4n) is 1.56. The van der Waals surface area contributed by atoms with Gasteiger partial charge in [0.25, 0.3) is 0 Å². The Kier molecular flexibility index (Phi) is 3.04. The largest absolute Gasteiger partial charge is 0.497 e. The van der Waals surface area contributed by atoms with Gasteiger partial charge in [-0.05, 0) is 17.7 Å². The van der Waals surface area contributed by atoms with Crippen molar-refractivity contribution in [2.24, 2.45) is 0 Å². The van der Waals surface area contributed by atoms with E-state index in [1.54, 1.807) is 0 Å². The van der Waals surface area contributed by atoms with E-state index in [1.165, 1.54) is 19.2 Å². The number of methoxy groups -OCH3 is 1. The summed E-state index contributed by atoms with van der Waals surface area (Å²) in [4.78, 5) is 0. The van der Waals surface area contributed by atoms with Gasteiger partial charge in [0.2, 0.25) is 0 Å². The Labute approximate surface area is 96.5 Å². The van der Waals surface area contributed by atoms with E-state index in [4.69, 9.17) is 4.74 Å². The van der Waals surface area contributed by atoms with Gasteiger partial charge >= 0.3 is 0 Å². The first kappa shape index (κ1) is 11.5. The summed E-state index contributed by atoms with van der Waals surface area (Å²) in [6.45, 7) is 0. The van der Waals surface area contributed by atoms with Crippen LogP contribution >= 0.6 is 0 Å².